The second kappa shape index (κ2) is 6.76. The van der Waals surface area contributed by atoms with E-state index >= 15 is 0 Å². The van der Waals surface area contributed by atoms with E-state index in [0.717, 1.165) is 11.1 Å². The SMILES string of the molecule is CCOC(=O)[C@@H](N)Cc1ccc(CC(=O)O)cc1. The molecule has 0 saturated carbocycles. The summed E-state index contributed by atoms with van der Waals surface area (Å²) in [5.74, 6) is -1.29. The zero-order chi connectivity index (χ0) is 13.5. The van der Waals surface area contributed by atoms with E-state index in [1.165, 1.54) is 0 Å². The average molecular weight is 251 g/mol. The monoisotopic (exact) mass is 251 g/mol. The summed E-state index contributed by atoms with van der Waals surface area (Å²) < 4.78 is 4.81. The Kier molecular flexibility index (Phi) is 5.32. The minimum Gasteiger partial charge on any atom is -0.481 e. The van der Waals surface area contributed by atoms with E-state index in [1.54, 1.807) is 31.2 Å². The Balaban J connectivity index is 2.58. The maximum Gasteiger partial charge on any atom is 0.323 e. The fourth-order valence-corrected chi connectivity index (χ4v) is 1.55. The quantitative estimate of drug-likeness (QED) is 0.728. The van der Waals surface area contributed by atoms with Crippen molar-refractivity contribution in [2.24, 2.45) is 5.73 Å². The minimum atomic E-state index is -0.869. The number of hydrogen-bond donors (Lipinski definition) is 2. The molecule has 1 atom stereocenters. The number of rotatable bonds is 6. The highest BCUT2D eigenvalue weighted by molar-refractivity contribution is 5.75. The first kappa shape index (κ1) is 14.2. The van der Waals surface area contributed by atoms with E-state index in [0.29, 0.717) is 13.0 Å². The maximum absolute atomic E-state index is 11.3. The molecule has 1 rings (SSSR count). The van der Waals surface area contributed by atoms with E-state index < -0.39 is 18.0 Å². The Morgan fingerprint density at radius 1 is 1.28 bits per heavy atom. The predicted octanol–water partition coefficient (Wildman–Crippen LogP) is 0.747. The van der Waals surface area contributed by atoms with E-state index in [9.17, 15) is 9.59 Å². The van der Waals surface area contributed by atoms with Gasteiger partial charge in [-0.25, -0.2) is 0 Å². The number of esters is 1. The van der Waals surface area contributed by atoms with Crippen LogP contribution >= 0.6 is 0 Å². The van der Waals surface area contributed by atoms with Gasteiger partial charge in [-0.15, -0.1) is 0 Å². The third kappa shape index (κ3) is 4.55. The number of carbonyl (C=O) groups is 2. The van der Waals surface area contributed by atoms with Crippen LogP contribution in [0.15, 0.2) is 24.3 Å². The third-order valence-corrected chi connectivity index (χ3v) is 2.42. The van der Waals surface area contributed by atoms with Crippen molar-refractivity contribution in [2.75, 3.05) is 6.61 Å². The summed E-state index contributed by atoms with van der Waals surface area (Å²) in [4.78, 5) is 21.8. The van der Waals surface area contributed by atoms with E-state index in [2.05, 4.69) is 0 Å². The molecule has 0 aliphatic carbocycles. The van der Waals surface area contributed by atoms with Gasteiger partial charge in [0.25, 0.3) is 0 Å². The van der Waals surface area contributed by atoms with Crippen LogP contribution in [0.1, 0.15) is 18.1 Å². The predicted molar refractivity (Wildman–Crippen MR) is 66.1 cm³/mol. The van der Waals surface area contributed by atoms with Crippen molar-refractivity contribution in [1.29, 1.82) is 0 Å². The fourth-order valence-electron chi connectivity index (χ4n) is 1.55. The van der Waals surface area contributed by atoms with Crippen LogP contribution in [-0.4, -0.2) is 29.7 Å². The third-order valence-electron chi connectivity index (χ3n) is 2.42. The van der Waals surface area contributed by atoms with Crippen LogP contribution in [0.25, 0.3) is 0 Å². The first-order valence-electron chi connectivity index (χ1n) is 5.74. The Hall–Kier alpha value is -1.88. The molecule has 0 radical (unpaired) electrons. The van der Waals surface area contributed by atoms with Crippen LogP contribution in [0.4, 0.5) is 0 Å². The molecule has 1 aromatic carbocycles. The zero-order valence-electron chi connectivity index (χ0n) is 10.3. The highest BCUT2D eigenvalue weighted by Crippen LogP contribution is 2.08. The molecule has 0 bridgehead atoms. The molecule has 1 aromatic rings. The van der Waals surface area contributed by atoms with Gasteiger partial charge in [0.05, 0.1) is 13.0 Å². The van der Waals surface area contributed by atoms with Gasteiger partial charge in [0, 0.05) is 0 Å². The summed E-state index contributed by atoms with van der Waals surface area (Å²) in [6.45, 7) is 2.04. The molecular weight excluding hydrogens is 234 g/mol. The summed E-state index contributed by atoms with van der Waals surface area (Å²) in [6, 6.07) is 6.31. The molecule has 0 unspecified atom stereocenters. The fraction of sp³-hybridized carbons (Fsp3) is 0.385. The molecule has 0 heterocycles. The lowest BCUT2D eigenvalue weighted by Gasteiger charge is -2.10. The number of hydrogen-bond acceptors (Lipinski definition) is 4. The molecule has 0 spiro atoms. The molecule has 3 N–H and O–H groups in total. The number of ether oxygens (including phenoxy) is 1. The topological polar surface area (TPSA) is 89.6 Å². The Morgan fingerprint density at radius 2 is 1.83 bits per heavy atom. The lowest BCUT2D eigenvalue weighted by Crippen LogP contribution is -2.34. The molecule has 18 heavy (non-hydrogen) atoms. The van der Waals surface area contributed by atoms with Crippen LogP contribution in [-0.2, 0) is 27.2 Å². The van der Waals surface area contributed by atoms with Gasteiger partial charge in [-0.05, 0) is 24.5 Å². The van der Waals surface area contributed by atoms with Gasteiger partial charge in [-0.2, -0.15) is 0 Å². The van der Waals surface area contributed by atoms with Crippen LogP contribution in [0, 0.1) is 0 Å². The maximum atomic E-state index is 11.3. The molecule has 0 saturated heterocycles. The summed E-state index contributed by atoms with van der Waals surface area (Å²) in [7, 11) is 0. The molecule has 5 nitrogen and oxygen atoms in total. The van der Waals surface area contributed by atoms with Crippen molar-refractivity contribution in [1.82, 2.24) is 0 Å². The van der Waals surface area contributed by atoms with Gasteiger partial charge >= 0.3 is 11.9 Å². The normalized spacial score (nSPS) is 11.9. The van der Waals surface area contributed by atoms with Gasteiger partial charge < -0.3 is 15.6 Å². The minimum absolute atomic E-state index is 0.00971. The summed E-state index contributed by atoms with van der Waals surface area (Å²) in [5, 5.41) is 8.63. The van der Waals surface area contributed by atoms with Gasteiger partial charge in [0.2, 0.25) is 0 Å². The van der Waals surface area contributed by atoms with Gasteiger partial charge in [-0.1, -0.05) is 24.3 Å². The highest BCUT2D eigenvalue weighted by Gasteiger charge is 2.14. The van der Waals surface area contributed by atoms with E-state index in [-0.39, 0.29) is 6.42 Å². The highest BCUT2D eigenvalue weighted by atomic mass is 16.5. The lowest BCUT2D eigenvalue weighted by molar-refractivity contribution is -0.144. The van der Waals surface area contributed by atoms with Crippen LogP contribution in [0.3, 0.4) is 0 Å². The molecule has 98 valence electrons. The summed E-state index contributed by atoms with van der Waals surface area (Å²) in [5.41, 5.74) is 7.28. The number of aliphatic carboxylic acids is 1. The Bertz CT molecular complexity index is 414. The standard InChI is InChI=1S/C13H17NO4/c1-2-18-13(17)11(14)7-9-3-5-10(6-4-9)8-12(15)16/h3-6,11H,2,7-8,14H2,1H3,(H,15,16)/t11-/m0/s1. The molecular formula is C13H17NO4. The number of nitrogens with two attached hydrogens (primary N) is 1. The largest absolute Gasteiger partial charge is 0.481 e. The van der Waals surface area contributed by atoms with Crippen molar-refractivity contribution in [3.8, 4) is 0 Å². The molecule has 0 amide bonds. The van der Waals surface area contributed by atoms with Gasteiger partial charge in [-0.3, -0.25) is 9.59 Å². The molecule has 0 fully saturated rings. The first-order valence-corrected chi connectivity index (χ1v) is 5.74. The second-order valence-electron chi connectivity index (χ2n) is 3.95. The molecule has 0 aromatic heterocycles. The van der Waals surface area contributed by atoms with Crippen molar-refractivity contribution in [2.45, 2.75) is 25.8 Å². The smallest absolute Gasteiger partial charge is 0.323 e. The van der Waals surface area contributed by atoms with Crippen LogP contribution < -0.4 is 5.73 Å². The number of benzene rings is 1. The zero-order valence-corrected chi connectivity index (χ0v) is 10.3. The molecule has 0 aliphatic heterocycles. The summed E-state index contributed by atoms with van der Waals surface area (Å²) >= 11 is 0. The van der Waals surface area contributed by atoms with Gasteiger partial charge in [0.1, 0.15) is 6.04 Å². The number of carboxylic acid groups (broad SMARTS) is 1. The van der Waals surface area contributed by atoms with E-state index in [4.69, 9.17) is 15.6 Å². The lowest BCUT2D eigenvalue weighted by atomic mass is 10.0. The molecule has 0 aliphatic rings. The first-order chi connectivity index (χ1) is 8.52. The van der Waals surface area contributed by atoms with Crippen molar-refractivity contribution >= 4 is 11.9 Å². The Labute approximate surface area is 106 Å². The van der Waals surface area contributed by atoms with Crippen LogP contribution in [0.5, 0.6) is 0 Å². The Morgan fingerprint density at radius 3 is 2.33 bits per heavy atom. The second-order valence-corrected chi connectivity index (χ2v) is 3.95. The number of carboxylic acids is 1. The van der Waals surface area contributed by atoms with Crippen molar-refractivity contribution < 1.29 is 19.4 Å². The van der Waals surface area contributed by atoms with E-state index in [1.807, 2.05) is 0 Å². The van der Waals surface area contributed by atoms with Crippen LogP contribution in [0.2, 0.25) is 0 Å². The number of carbonyl (C=O) groups excluding carboxylic acids is 1. The summed E-state index contributed by atoms with van der Waals surface area (Å²) in [6.07, 6.45) is 0.371. The van der Waals surface area contributed by atoms with Crippen molar-refractivity contribution in [3.63, 3.8) is 0 Å². The average Bonchev–Trinajstić information content (AvgIpc) is 2.31. The van der Waals surface area contributed by atoms with Crippen molar-refractivity contribution in [3.05, 3.63) is 35.4 Å². The molecule has 5 heteroatoms. The van der Waals surface area contributed by atoms with Gasteiger partial charge in [0.15, 0.2) is 0 Å².